The van der Waals surface area contributed by atoms with Crippen LogP contribution < -0.4 is 10.9 Å². The second kappa shape index (κ2) is 8.22. The predicted molar refractivity (Wildman–Crippen MR) is 119 cm³/mol. The van der Waals surface area contributed by atoms with Crippen molar-refractivity contribution in [3.8, 4) is 5.69 Å². The number of piperidine rings is 1. The van der Waals surface area contributed by atoms with Crippen LogP contribution in [0, 0.1) is 0 Å². The Morgan fingerprint density at radius 3 is 2.33 bits per heavy atom. The van der Waals surface area contributed by atoms with E-state index in [0.717, 1.165) is 12.8 Å². The van der Waals surface area contributed by atoms with E-state index in [9.17, 15) is 9.59 Å². The average Bonchev–Trinajstić information content (AvgIpc) is 2.95. The molecule has 0 amide bonds. The van der Waals surface area contributed by atoms with E-state index in [1.807, 2.05) is 37.3 Å². The van der Waals surface area contributed by atoms with E-state index in [2.05, 4.69) is 38.1 Å². The standard InChI is InChI=1S/C23H32N4O3/c1-15(24-16-13-22(2,3)26-23(4,5)14-16)20-18(12-19(28)30-6)25-27(21(20)29)17-10-8-7-9-11-17/h7-11,16,25-26H,12-14H2,1-6H3. The third-order valence-electron chi connectivity index (χ3n) is 5.44. The zero-order valence-corrected chi connectivity index (χ0v) is 18.7. The molecule has 162 valence electrons. The van der Waals surface area contributed by atoms with E-state index < -0.39 is 5.97 Å². The Morgan fingerprint density at radius 1 is 1.17 bits per heavy atom. The Hall–Kier alpha value is -2.67. The number of aromatic amines is 1. The molecule has 0 atom stereocenters. The number of rotatable bonds is 5. The van der Waals surface area contributed by atoms with Crippen LogP contribution in [0.25, 0.3) is 5.69 Å². The summed E-state index contributed by atoms with van der Waals surface area (Å²) in [6.07, 6.45) is 1.73. The first-order valence-corrected chi connectivity index (χ1v) is 10.3. The summed E-state index contributed by atoms with van der Waals surface area (Å²) in [5.41, 5.74) is 2.00. The number of hydrogen-bond acceptors (Lipinski definition) is 5. The lowest BCUT2D eigenvalue weighted by atomic mass is 9.80. The number of nitrogens with one attached hydrogen (secondary N) is 2. The smallest absolute Gasteiger partial charge is 0.311 e. The SMILES string of the molecule is COC(=O)Cc1[nH]n(-c2ccccc2)c(=O)c1C(C)=NC1CC(C)(C)NC(C)(C)C1. The molecular weight excluding hydrogens is 380 g/mol. The van der Waals surface area contributed by atoms with Gasteiger partial charge in [-0.3, -0.25) is 19.7 Å². The Labute approximate surface area is 177 Å². The van der Waals surface area contributed by atoms with Gasteiger partial charge in [0, 0.05) is 16.8 Å². The molecule has 3 rings (SSSR count). The first-order valence-electron chi connectivity index (χ1n) is 10.3. The summed E-state index contributed by atoms with van der Waals surface area (Å²) >= 11 is 0. The Morgan fingerprint density at radius 2 is 1.77 bits per heavy atom. The van der Waals surface area contributed by atoms with E-state index in [1.165, 1.54) is 11.8 Å². The van der Waals surface area contributed by atoms with Gasteiger partial charge in [-0.2, -0.15) is 0 Å². The molecule has 0 aliphatic carbocycles. The summed E-state index contributed by atoms with van der Waals surface area (Å²) < 4.78 is 6.29. The number of nitrogens with zero attached hydrogens (tertiary/aromatic N) is 2. The van der Waals surface area contributed by atoms with Crippen molar-refractivity contribution < 1.29 is 9.53 Å². The molecule has 0 spiro atoms. The molecule has 30 heavy (non-hydrogen) atoms. The number of ether oxygens (including phenoxy) is 1. The summed E-state index contributed by atoms with van der Waals surface area (Å²) in [5, 5.41) is 6.75. The normalized spacial score (nSPS) is 18.9. The van der Waals surface area contributed by atoms with E-state index in [0.29, 0.717) is 22.7 Å². The van der Waals surface area contributed by atoms with E-state index in [4.69, 9.17) is 9.73 Å². The van der Waals surface area contributed by atoms with Gasteiger partial charge in [0.05, 0.1) is 36.5 Å². The summed E-state index contributed by atoms with van der Waals surface area (Å²) in [7, 11) is 1.34. The number of benzene rings is 1. The molecule has 2 N–H and O–H groups in total. The van der Waals surface area contributed by atoms with Crippen LogP contribution in [-0.2, 0) is 16.0 Å². The fraction of sp³-hybridized carbons (Fsp3) is 0.522. The summed E-state index contributed by atoms with van der Waals surface area (Å²) in [6.45, 7) is 10.5. The minimum Gasteiger partial charge on any atom is -0.469 e. The minimum atomic E-state index is -0.408. The molecule has 1 fully saturated rings. The molecule has 1 aliphatic heterocycles. The zero-order valence-electron chi connectivity index (χ0n) is 18.7. The van der Waals surface area contributed by atoms with Crippen molar-refractivity contribution in [2.45, 2.75) is 71.0 Å². The van der Waals surface area contributed by atoms with Crippen LogP contribution in [0.1, 0.15) is 58.7 Å². The Kier molecular flexibility index (Phi) is 6.04. The summed E-state index contributed by atoms with van der Waals surface area (Å²) in [6, 6.07) is 9.38. The van der Waals surface area contributed by atoms with Gasteiger partial charge in [0.15, 0.2) is 0 Å². The van der Waals surface area contributed by atoms with Crippen LogP contribution in [0.4, 0.5) is 0 Å². The number of aromatic nitrogens is 2. The Balaban J connectivity index is 2.04. The van der Waals surface area contributed by atoms with Gasteiger partial charge < -0.3 is 10.1 Å². The highest BCUT2D eigenvalue weighted by atomic mass is 16.5. The maximum absolute atomic E-state index is 13.3. The summed E-state index contributed by atoms with van der Waals surface area (Å²) in [4.78, 5) is 30.2. The molecule has 2 heterocycles. The predicted octanol–water partition coefficient (Wildman–Crippen LogP) is 3.00. The maximum atomic E-state index is 13.3. The largest absolute Gasteiger partial charge is 0.469 e. The third kappa shape index (κ3) is 4.90. The highest BCUT2D eigenvalue weighted by Gasteiger charge is 2.37. The Bertz CT molecular complexity index is 983. The maximum Gasteiger partial charge on any atom is 0.311 e. The van der Waals surface area contributed by atoms with Crippen molar-refractivity contribution in [2.24, 2.45) is 4.99 Å². The molecule has 2 aromatic rings. The molecule has 1 aromatic carbocycles. The van der Waals surface area contributed by atoms with Crippen molar-refractivity contribution in [3.63, 3.8) is 0 Å². The van der Waals surface area contributed by atoms with E-state index >= 15 is 0 Å². The topological polar surface area (TPSA) is 88.5 Å². The lowest BCUT2D eigenvalue weighted by Crippen LogP contribution is -2.58. The van der Waals surface area contributed by atoms with Crippen LogP contribution in [0.2, 0.25) is 0 Å². The summed E-state index contributed by atoms with van der Waals surface area (Å²) in [5.74, 6) is -0.408. The lowest BCUT2D eigenvalue weighted by Gasteiger charge is -2.45. The first kappa shape index (κ1) is 22.0. The van der Waals surface area contributed by atoms with Crippen LogP contribution >= 0.6 is 0 Å². The lowest BCUT2D eigenvalue weighted by molar-refractivity contribution is -0.139. The number of carbonyl (C=O) groups excluding carboxylic acids is 1. The molecule has 0 unspecified atom stereocenters. The molecule has 7 nitrogen and oxygen atoms in total. The average molecular weight is 413 g/mol. The first-order chi connectivity index (χ1) is 14.0. The molecule has 0 bridgehead atoms. The molecule has 1 aliphatic rings. The van der Waals surface area contributed by atoms with Gasteiger partial charge in [-0.1, -0.05) is 18.2 Å². The highest BCUT2D eigenvalue weighted by Crippen LogP contribution is 2.30. The number of H-pyrrole nitrogens is 1. The third-order valence-corrected chi connectivity index (χ3v) is 5.44. The molecule has 0 saturated carbocycles. The van der Waals surface area contributed by atoms with Gasteiger partial charge in [-0.15, -0.1) is 0 Å². The number of hydrogen-bond donors (Lipinski definition) is 2. The highest BCUT2D eigenvalue weighted by molar-refractivity contribution is 6.00. The number of para-hydroxylation sites is 1. The fourth-order valence-electron chi connectivity index (χ4n) is 4.66. The number of methoxy groups -OCH3 is 1. The quantitative estimate of drug-likeness (QED) is 0.584. The number of carbonyl (C=O) groups is 1. The fourth-order valence-corrected chi connectivity index (χ4v) is 4.66. The second-order valence-electron chi connectivity index (χ2n) is 9.36. The molecule has 7 heteroatoms. The van der Waals surface area contributed by atoms with Crippen LogP contribution in [0.15, 0.2) is 40.1 Å². The molecule has 1 saturated heterocycles. The zero-order chi connectivity index (χ0) is 22.1. The molecular formula is C23H32N4O3. The number of esters is 1. The number of aliphatic imine (C=N–C) groups is 1. The van der Waals surface area contributed by atoms with E-state index in [1.54, 1.807) is 0 Å². The van der Waals surface area contributed by atoms with Gasteiger partial charge in [-0.05, 0) is 59.6 Å². The molecule has 1 aromatic heterocycles. The van der Waals surface area contributed by atoms with Crippen molar-refractivity contribution in [3.05, 3.63) is 51.9 Å². The van der Waals surface area contributed by atoms with Gasteiger partial charge in [-0.25, -0.2) is 4.68 Å². The van der Waals surface area contributed by atoms with Crippen LogP contribution in [0.3, 0.4) is 0 Å². The van der Waals surface area contributed by atoms with Gasteiger partial charge >= 0.3 is 5.97 Å². The van der Waals surface area contributed by atoms with Gasteiger partial charge in [0.25, 0.3) is 5.56 Å². The van der Waals surface area contributed by atoms with Crippen molar-refractivity contribution in [1.82, 2.24) is 15.1 Å². The van der Waals surface area contributed by atoms with Gasteiger partial charge in [0.1, 0.15) is 0 Å². The van der Waals surface area contributed by atoms with E-state index in [-0.39, 0.29) is 29.1 Å². The van der Waals surface area contributed by atoms with Crippen LogP contribution in [-0.4, -0.2) is 45.7 Å². The van der Waals surface area contributed by atoms with Crippen molar-refractivity contribution in [2.75, 3.05) is 7.11 Å². The van der Waals surface area contributed by atoms with Crippen LogP contribution in [0.5, 0.6) is 0 Å². The van der Waals surface area contributed by atoms with Gasteiger partial charge in [0.2, 0.25) is 0 Å². The monoisotopic (exact) mass is 412 g/mol. The van der Waals surface area contributed by atoms with Crippen molar-refractivity contribution in [1.29, 1.82) is 0 Å². The molecule has 0 radical (unpaired) electrons. The van der Waals surface area contributed by atoms with Crippen molar-refractivity contribution >= 4 is 11.7 Å². The minimum absolute atomic E-state index is 0.0169. The second-order valence-corrected chi connectivity index (χ2v) is 9.36.